The third-order valence-corrected chi connectivity index (χ3v) is 5.09. The van der Waals surface area contributed by atoms with Gasteiger partial charge in [0.15, 0.2) is 0 Å². The van der Waals surface area contributed by atoms with E-state index >= 15 is 0 Å². The fraction of sp³-hybridized carbons (Fsp3) is 0.824. The Hall–Kier alpha value is -0.950. The lowest BCUT2D eigenvalue weighted by molar-refractivity contribution is 0.107. The van der Waals surface area contributed by atoms with Crippen LogP contribution in [0.3, 0.4) is 0 Å². The van der Waals surface area contributed by atoms with Crippen molar-refractivity contribution in [1.29, 1.82) is 0 Å². The van der Waals surface area contributed by atoms with E-state index in [1.807, 2.05) is 18.0 Å². The zero-order valence-corrected chi connectivity index (χ0v) is 14.5. The molecule has 6 heteroatoms. The molecule has 0 amide bonds. The van der Waals surface area contributed by atoms with E-state index in [0.717, 1.165) is 26.1 Å². The molecule has 0 aliphatic carbocycles. The van der Waals surface area contributed by atoms with Crippen molar-refractivity contribution in [2.45, 2.75) is 44.5 Å². The highest BCUT2D eigenvalue weighted by Crippen LogP contribution is 2.24. The summed E-state index contributed by atoms with van der Waals surface area (Å²) in [6.45, 7) is 7.21. The Kier molecular flexibility index (Phi) is 6.05. The van der Waals surface area contributed by atoms with Crippen molar-refractivity contribution in [3.05, 3.63) is 18.0 Å². The molecule has 1 aromatic rings. The Labute approximate surface area is 139 Å². The average Bonchev–Trinajstić information content (AvgIpc) is 3.28. The number of rotatable bonds is 8. The van der Waals surface area contributed by atoms with E-state index in [1.54, 1.807) is 7.11 Å². The smallest absolute Gasteiger partial charge is 0.0713 e. The third-order valence-electron chi connectivity index (χ3n) is 5.09. The molecule has 0 aromatic carbocycles. The summed E-state index contributed by atoms with van der Waals surface area (Å²) in [6, 6.07) is 0.598. The Bertz CT molecular complexity index is 473. The molecule has 0 radical (unpaired) electrons. The molecule has 2 aliphatic heterocycles. The molecule has 0 bridgehead atoms. The van der Waals surface area contributed by atoms with Crippen molar-refractivity contribution in [3.8, 4) is 0 Å². The summed E-state index contributed by atoms with van der Waals surface area (Å²) in [7, 11) is 3.56. The monoisotopic (exact) mass is 322 g/mol. The van der Waals surface area contributed by atoms with Crippen LogP contribution in [-0.2, 0) is 22.6 Å². The summed E-state index contributed by atoms with van der Waals surface area (Å²) in [4.78, 5) is 5.18. The lowest BCUT2D eigenvalue weighted by Gasteiger charge is -2.27. The van der Waals surface area contributed by atoms with Crippen LogP contribution >= 0.6 is 0 Å². The van der Waals surface area contributed by atoms with Gasteiger partial charge < -0.3 is 14.4 Å². The van der Waals surface area contributed by atoms with Gasteiger partial charge >= 0.3 is 0 Å². The van der Waals surface area contributed by atoms with Gasteiger partial charge in [-0.15, -0.1) is 0 Å². The maximum atomic E-state index is 5.63. The molecule has 2 aliphatic rings. The van der Waals surface area contributed by atoms with E-state index in [9.17, 15) is 0 Å². The molecular weight excluding hydrogens is 292 g/mol. The van der Waals surface area contributed by atoms with Crippen LogP contribution < -0.4 is 0 Å². The predicted molar refractivity (Wildman–Crippen MR) is 89.4 cm³/mol. The standard InChI is InChI=1S/C17H30N4O2/c1-22-8-7-21-12-15(10-18-21)11-20-14-17(23-2)9-16(20)13-19-5-3-4-6-19/h10,12,16-17H,3-9,11,13-14H2,1-2H3/t16-,17-/m0/s1. The van der Waals surface area contributed by atoms with Crippen LogP contribution in [-0.4, -0.2) is 78.7 Å². The third kappa shape index (κ3) is 4.53. The van der Waals surface area contributed by atoms with Gasteiger partial charge in [0.2, 0.25) is 0 Å². The molecule has 3 heterocycles. The summed E-state index contributed by atoms with van der Waals surface area (Å²) in [5, 5.41) is 4.43. The summed E-state index contributed by atoms with van der Waals surface area (Å²) in [6.07, 6.45) is 8.35. The predicted octanol–water partition coefficient (Wildman–Crippen LogP) is 1.21. The van der Waals surface area contributed by atoms with Gasteiger partial charge in [0, 0.05) is 51.7 Å². The normalized spacial score (nSPS) is 26.3. The van der Waals surface area contributed by atoms with E-state index in [-0.39, 0.29) is 0 Å². The van der Waals surface area contributed by atoms with Crippen molar-refractivity contribution in [3.63, 3.8) is 0 Å². The fourth-order valence-electron chi connectivity index (χ4n) is 3.79. The van der Waals surface area contributed by atoms with Gasteiger partial charge in [-0.05, 0) is 32.4 Å². The molecule has 2 atom stereocenters. The second-order valence-corrected chi connectivity index (χ2v) is 6.79. The number of hydrogen-bond acceptors (Lipinski definition) is 5. The fourth-order valence-corrected chi connectivity index (χ4v) is 3.79. The molecule has 1 aromatic heterocycles. The molecule has 0 unspecified atom stereocenters. The first-order chi connectivity index (χ1) is 11.3. The topological polar surface area (TPSA) is 42.8 Å². The van der Waals surface area contributed by atoms with E-state index in [1.165, 1.54) is 38.0 Å². The van der Waals surface area contributed by atoms with E-state index < -0.39 is 0 Å². The van der Waals surface area contributed by atoms with Gasteiger partial charge in [0.25, 0.3) is 0 Å². The van der Waals surface area contributed by atoms with Gasteiger partial charge in [0.1, 0.15) is 0 Å². The average molecular weight is 322 g/mol. The van der Waals surface area contributed by atoms with E-state index in [2.05, 4.69) is 21.1 Å². The second-order valence-electron chi connectivity index (χ2n) is 6.79. The summed E-state index contributed by atoms with van der Waals surface area (Å²) < 4.78 is 12.7. The summed E-state index contributed by atoms with van der Waals surface area (Å²) >= 11 is 0. The first-order valence-corrected chi connectivity index (χ1v) is 8.78. The first-order valence-electron chi connectivity index (χ1n) is 8.78. The SMILES string of the molecule is COCCn1cc(CN2C[C@@H](OC)C[C@H]2CN2CCCC2)cn1. The van der Waals surface area contributed by atoms with Gasteiger partial charge in [-0.25, -0.2) is 0 Å². The number of methoxy groups -OCH3 is 2. The lowest BCUT2D eigenvalue weighted by atomic mass is 10.2. The Balaban J connectivity index is 1.57. The van der Waals surface area contributed by atoms with Crippen molar-refractivity contribution in [2.24, 2.45) is 0 Å². The molecule has 6 nitrogen and oxygen atoms in total. The molecule has 130 valence electrons. The molecule has 2 saturated heterocycles. The molecule has 0 N–H and O–H groups in total. The highest BCUT2D eigenvalue weighted by atomic mass is 16.5. The Morgan fingerprint density at radius 3 is 2.83 bits per heavy atom. The maximum absolute atomic E-state index is 5.63. The van der Waals surface area contributed by atoms with Crippen molar-refractivity contribution in [2.75, 3.05) is 47.0 Å². The van der Waals surface area contributed by atoms with Crippen molar-refractivity contribution in [1.82, 2.24) is 19.6 Å². The lowest BCUT2D eigenvalue weighted by Crippen LogP contribution is -2.38. The number of likely N-dealkylation sites (tertiary alicyclic amines) is 2. The maximum Gasteiger partial charge on any atom is 0.0713 e. The highest BCUT2D eigenvalue weighted by molar-refractivity contribution is 5.05. The van der Waals surface area contributed by atoms with Gasteiger partial charge in [-0.2, -0.15) is 5.10 Å². The van der Waals surface area contributed by atoms with Crippen LogP contribution in [0, 0.1) is 0 Å². The Morgan fingerprint density at radius 2 is 2.09 bits per heavy atom. The summed E-state index contributed by atoms with van der Waals surface area (Å²) in [5.41, 5.74) is 1.28. The number of ether oxygens (including phenoxy) is 2. The van der Waals surface area contributed by atoms with Crippen LogP contribution in [0.2, 0.25) is 0 Å². The van der Waals surface area contributed by atoms with Crippen LogP contribution in [0.25, 0.3) is 0 Å². The minimum atomic E-state index is 0.367. The number of hydrogen-bond donors (Lipinski definition) is 0. The van der Waals surface area contributed by atoms with Crippen molar-refractivity contribution < 1.29 is 9.47 Å². The minimum absolute atomic E-state index is 0.367. The summed E-state index contributed by atoms with van der Waals surface area (Å²) in [5.74, 6) is 0. The number of nitrogens with zero attached hydrogens (tertiary/aromatic N) is 4. The molecule has 0 spiro atoms. The van der Waals surface area contributed by atoms with Gasteiger partial charge in [0.05, 0.1) is 25.5 Å². The molecular formula is C17H30N4O2. The molecule has 3 rings (SSSR count). The van der Waals surface area contributed by atoms with Crippen LogP contribution in [0.15, 0.2) is 12.4 Å². The number of aromatic nitrogens is 2. The largest absolute Gasteiger partial charge is 0.383 e. The quantitative estimate of drug-likeness (QED) is 0.720. The minimum Gasteiger partial charge on any atom is -0.383 e. The van der Waals surface area contributed by atoms with Crippen LogP contribution in [0.5, 0.6) is 0 Å². The van der Waals surface area contributed by atoms with Gasteiger partial charge in [-0.1, -0.05) is 0 Å². The first kappa shape index (κ1) is 16.9. The van der Waals surface area contributed by atoms with Crippen molar-refractivity contribution >= 4 is 0 Å². The van der Waals surface area contributed by atoms with E-state index in [0.29, 0.717) is 18.8 Å². The zero-order valence-electron chi connectivity index (χ0n) is 14.5. The highest BCUT2D eigenvalue weighted by Gasteiger charge is 2.33. The zero-order chi connectivity index (χ0) is 16.1. The van der Waals surface area contributed by atoms with E-state index in [4.69, 9.17) is 9.47 Å². The second kappa shape index (κ2) is 8.24. The van der Waals surface area contributed by atoms with Crippen LogP contribution in [0.4, 0.5) is 0 Å². The Morgan fingerprint density at radius 1 is 1.26 bits per heavy atom. The molecule has 0 saturated carbocycles. The van der Waals surface area contributed by atoms with Gasteiger partial charge in [-0.3, -0.25) is 9.58 Å². The molecule has 23 heavy (non-hydrogen) atoms. The molecule has 2 fully saturated rings. The van der Waals surface area contributed by atoms with Crippen LogP contribution in [0.1, 0.15) is 24.8 Å².